The molecule has 3 N–H and O–H groups in total. The molecule has 0 saturated carbocycles. The van der Waals surface area contributed by atoms with Gasteiger partial charge in [0.25, 0.3) is 0 Å². The van der Waals surface area contributed by atoms with Crippen molar-refractivity contribution in [3.05, 3.63) is 17.3 Å². The zero-order chi connectivity index (χ0) is 21.8. The summed E-state index contributed by atoms with van der Waals surface area (Å²) in [6.07, 6.45) is 4.74. The molecule has 0 radical (unpaired) electrons. The number of aromatic amines is 1. The number of likely N-dealkylation sites (tertiary alicyclic amines) is 1. The highest BCUT2D eigenvalue weighted by Crippen LogP contribution is 2.31. The third-order valence-corrected chi connectivity index (χ3v) is 6.78. The molecule has 2 unspecified atom stereocenters. The van der Waals surface area contributed by atoms with Crippen molar-refractivity contribution < 1.29 is 0 Å². The Morgan fingerprint density at radius 1 is 1.26 bits per heavy atom. The topological polar surface area (TPSA) is 118 Å². The minimum Gasteiger partial charge on any atom is -0.351 e. The molecule has 164 valence electrons. The van der Waals surface area contributed by atoms with Gasteiger partial charge in [0.1, 0.15) is 4.70 Å². The maximum absolute atomic E-state index is 9.04. The molecule has 9 nitrogen and oxygen atoms in total. The molecule has 1 saturated heterocycles. The van der Waals surface area contributed by atoms with Crippen molar-refractivity contribution in [2.45, 2.75) is 71.0 Å². The number of piperidine rings is 1. The van der Waals surface area contributed by atoms with E-state index in [-0.39, 0.29) is 6.04 Å². The third kappa shape index (κ3) is 4.78. The van der Waals surface area contributed by atoms with E-state index in [9.17, 15) is 0 Å². The number of nitriles is 1. The molecule has 0 bridgehead atoms. The van der Waals surface area contributed by atoms with Crippen molar-refractivity contribution >= 4 is 39.3 Å². The molecule has 0 spiro atoms. The Hall–Kier alpha value is -2.77. The number of nitrogens with zero attached hydrogens (tertiary/aromatic N) is 6. The number of thiazole rings is 1. The molecule has 10 heteroatoms. The van der Waals surface area contributed by atoms with E-state index in [1.165, 1.54) is 11.3 Å². The lowest BCUT2D eigenvalue weighted by Crippen LogP contribution is -2.52. The third-order valence-electron chi connectivity index (χ3n) is 5.95. The van der Waals surface area contributed by atoms with E-state index in [2.05, 4.69) is 55.6 Å². The fourth-order valence-corrected chi connectivity index (χ4v) is 5.16. The van der Waals surface area contributed by atoms with Gasteiger partial charge in [0.2, 0.25) is 5.95 Å². The highest BCUT2D eigenvalue weighted by atomic mass is 32.1. The lowest BCUT2D eigenvalue weighted by molar-refractivity contribution is 0.0734. The van der Waals surface area contributed by atoms with Crippen LogP contribution >= 0.6 is 11.3 Å². The Bertz CT molecular complexity index is 1040. The van der Waals surface area contributed by atoms with E-state index in [1.807, 2.05) is 13.0 Å². The molecule has 4 heterocycles. The monoisotopic (exact) mass is 439 g/mol. The van der Waals surface area contributed by atoms with Gasteiger partial charge in [-0.05, 0) is 32.6 Å². The summed E-state index contributed by atoms with van der Waals surface area (Å²) in [5, 5.41) is 23.1. The Morgan fingerprint density at radius 2 is 2.03 bits per heavy atom. The quantitative estimate of drug-likeness (QED) is 0.478. The van der Waals surface area contributed by atoms with Crippen LogP contribution in [0.3, 0.4) is 0 Å². The summed E-state index contributed by atoms with van der Waals surface area (Å²) in [6.45, 7) is 7.26. The molecule has 2 atom stereocenters. The van der Waals surface area contributed by atoms with E-state index in [0.717, 1.165) is 48.4 Å². The standard InChI is InChI=1S/C21H29N9S/c1-4-15-10-14(11-16(5-2)30(15)8-6-7-22)24-21-26-19-18(31-12-23-19)20(27-21)25-17-9-13(3)28-29-17/h9,12,14-16H,4-6,8,10-11H2,1-3H3,(H3,24,25,26,27,28,29). The van der Waals surface area contributed by atoms with E-state index in [0.29, 0.717) is 35.9 Å². The van der Waals surface area contributed by atoms with Crippen molar-refractivity contribution in [3.63, 3.8) is 0 Å². The molecule has 0 amide bonds. The van der Waals surface area contributed by atoms with Crippen LogP contribution in [0.15, 0.2) is 11.6 Å². The summed E-state index contributed by atoms with van der Waals surface area (Å²) in [5.41, 5.74) is 3.45. The molecular formula is C21H29N9S. The Balaban J connectivity index is 1.54. The molecule has 4 rings (SSSR count). The summed E-state index contributed by atoms with van der Waals surface area (Å²) in [6, 6.07) is 5.43. The van der Waals surface area contributed by atoms with Crippen LogP contribution in [-0.2, 0) is 0 Å². The summed E-state index contributed by atoms with van der Waals surface area (Å²) < 4.78 is 0.912. The van der Waals surface area contributed by atoms with Crippen LogP contribution in [0.2, 0.25) is 0 Å². The largest absolute Gasteiger partial charge is 0.351 e. The summed E-state index contributed by atoms with van der Waals surface area (Å²) in [4.78, 5) is 16.4. The first-order valence-electron chi connectivity index (χ1n) is 10.9. The lowest BCUT2D eigenvalue weighted by Gasteiger charge is -2.45. The molecular weight excluding hydrogens is 410 g/mol. The van der Waals surface area contributed by atoms with Crippen molar-refractivity contribution in [2.75, 3.05) is 17.2 Å². The molecule has 3 aromatic rings. The number of aryl methyl sites for hydroxylation is 1. The predicted octanol–water partition coefficient (Wildman–Crippen LogP) is 4.21. The maximum atomic E-state index is 9.04. The van der Waals surface area contributed by atoms with Crippen LogP contribution in [0.25, 0.3) is 10.3 Å². The molecule has 3 aromatic heterocycles. The number of hydrogen-bond acceptors (Lipinski definition) is 9. The van der Waals surface area contributed by atoms with Crippen molar-refractivity contribution in [3.8, 4) is 6.07 Å². The van der Waals surface area contributed by atoms with Crippen LogP contribution in [-0.4, -0.2) is 54.7 Å². The fraction of sp³-hybridized carbons (Fsp3) is 0.571. The lowest BCUT2D eigenvalue weighted by atomic mass is 9.88. The number of fused-ring (bicyclic) bond motifs is 1. The van der Waals surface area contributed by atoms with E-state index in [1.54, 1.807) is 5.51 Å². The Labute approximate surface area is 186 Å². The summed E-state index contributed by atoms with van der Waals surface area (Å²) in [5.74, 6) is 2.03. The maximum Gasteiger partial charge on any atom is 0.227 e. The van der Waals surface area contributed by atoms with Gasteiger partial charge >= 0.3 is 0 Å². The number of anilines is 3. The number of H-pyrrole nitrogens is 1. The average Bonchev–Trinajstić information content (AvgIpc) is 3.40. The van der Waals surface area contributed by atoms with E-state index in [4.69, 9.17) is 10.2 Å². The van der Waals surface area contributed by atoms with Gasteiger partial charge in [0.05, 0.1) is 11.6 Å². The molecule has 31 heavy (non-hydrogen) atoms. The van der Waals surface area contributed by atoms with Crippen LogP contribution in [0.1, 0.15) is 51.6 Å². The van der Waals surface area contributed by atoms with Crippen molar-refractivity contribution in [1.82, 2.24) is 30.0 Å². The van der Waals surface area contributed by atoms with Gasteiger partial charge in [-0.15, -0.1) is 11.3 Å². The number of hydrogen-bond donors (Lipinski definition) is 3. The van der Waals surface area contributed by atoms with E-state index >= 15 is 0 Å². The number of rotatable bonds is 8. The van der Waals surface area contributed by atoms with Gasteiger partial charge in [-0.1, -0.05) is 13.8 Å². The van der Waals surface area contributed by atoms with Crippen LogP contribution in [0.4, 0.5) is 17.6 Å². The van der Waals surface area contributed by atoms with Gasteiger partial charge in [-0.25, -0.2) is 4.98 Å². The highest BCUT2D eigenvalue weighted by Gasteiger charge is 2.34. The molecule has 1 aliphatic heterocycles. The molecule has 0 aliphatic carbocycles. The normalized spacial score (nSPS) is 21.8. The fourth-order valence-electron chi connectivity index (χ4n) is 4.49. The molecule has 1 aliphatic rings. The zero-order valence-corrected chi connectivity index (χ0v) is 19.0. The van der Waals surface area contributed by atoms with Gasteiger partial charge < -0.3 is 10.6 Å². The first-order valence-corrected chi connectivity index (χ1v) is 11.8. The summed E-state index contributed by atoms with van der Waals surface area (Å²) >= 11 is 1.51. The molecule has 1 fully saturated rings. The van der Waals surface area contributed by atoms with Gasteiger partial charge in [0, 0.05) is 42.9 Å². The number of aromatic nitrogens is 5. The van der Waals surface area contributed by atoms with Gasteiger partial charge in [0.15, 0.2) is 17.3 Å². The Kier molecular flexibility index (Phi) is 6.63. The smallest absolute Gasteiger partial charge is 0.227 e. The minimum atomic E-state index is 0.282. The highest BCUT2D eigenvalue weighted by molar-refractivity contribution is 7.17. The van der Waals surface area contributed by atoms with Gasteiger partial charge in [-0.2, -0.15) is 20.3 Å². The predicted molar refractivity (Wildman–Crippen MR) is 124 cm³/mol. The first-order chi connectivity index (χ1) is 15.1. The van der Waals surface area contributed by atoms with Crippen LogP contribution in [0.5, 0.6) is 0 Å². The average molecular weight is 440 g/mol. The van der Waals surface area contributed by atoms with Crippen molar-refractivity contribution in [2.24, 2.45) is 0 Å². The van der Waals surface area contributed by atoms with Crippen LogP contribution in [0, 0.1) is 18.3 Å². The second-order valence-electron chi connectivity index (χ2n) is 8.04. The minimum absolute atomic E-state index is 0.282. The second-order valence-corrected chi connectivity index (χ2v) is 8.90. The summed E-state index contributed by atoms with van der Waals surface area (Å²) in [7, 11) is 0. The first kappa shape index (κ1) is 21.5. The van der Waals surface area contributed by atoms with Gasteiger partial charge in [-0.3, -0.25) is 10.00 Å². The zero-order valence-electron chi connectivity index (χ0n) is 18.2. The van der Waals surface area contributed by atoms with Crippen molar-refractivity contribution in [1.29, 1.82) is 5.26 Å². The Morgan fingerprint density at radius 3 is 2.68 bits per heavy atom. The molecule has 0 aromatic carbocycles. The number of nitrogens with one attached hydrogen (secondary N) is 3. The van der Waals surface area contributed by atoms with Crippen LogP contribution < -0.4 is 10.6 Å². The SMILES string of the molecule is CCC1CC(Nc2nc(Nc3cc(C)[nH]n3)c3scnc3n2)CC(CC)N1CCC#N. The van der Waals surface area contributed by atoms with E-state index < -0.39 is 0 Å². The second kappa shape index (κ2) is 9.58.